The second kappa shape index (κ2) is 6.37. The Kier molecular flexibility index (Phi) is 6.15. The number of rotatable bonds is 6. The normalized spacial score (nSPS) is 14.5. The Labute approximate surface area is 104 Å². The molecule has 17 heavy (non-hydrogen) atoms. The molecule has 1 atom stereocenters. The fourth-order valence-corrected chi connectivity index (χ4v) is 2.04. The average molecular weight is 263 g/mol. The predicted octanol–water partition coefficient (Wildman–Crippen LogP) is 1.88. The smallest absolute Gasteiger partial charge is 0.404 e. The van der Waals surface area contributed by atoms with Gasteiger partial charge in [0, 0.05) is 25.7 Å². The largest absolute Gasteiger partial charge is 0.465 e. The van der Waals surface area contributed by atoms with Gasteiger partial charge in [0.1, 0.15) is 0 Å². The molecule has 0 aromatic carbocycles. The van der Waals surface area contributed by atoms with E-state index in [9.17, 15) is 4.79 Å². The van der Waals surface area contributed by atoms with Crippen LogP contribution in [0, 0.1) is 5.92 Å². The first kappa shape index (κ1) is 16.4. The summed E-state index contributed by atoms with van der Waals surface area (Å²) < 4.78 is 5.93. The molecule has 0 fully saturated rings. The monoisotopic (exact) mass is 263 g/mol. The van der Waals surface area contributed by atoms with Gasteiger partial charge in [-0.2, -0.15) is 0 Å². The van der Waals surface area contributed by atoms with Crippen LogP contribution in [0.2, 0.25) is 18.1 Å². The van der Waals surface area contributed by atoms with Crippen LogP contribution < -0.4 is 5.32 Å². The summed E-state index contributed by atoms with van der Waals surface area (Å²) in [5, 5.41) is 20.0. The van der Waals surface area contributed by atoms with Crippen LogP contribution in [-0.4, -0.2) is 44.4 Å². The molecule has 0 saturated carbocycles. The molecule has 0 aromatic rings. The van der Waals surface area contributed by atoms with Gasteiger partial charge in [0.15, 0.2) is 8.32 Å². The lowest BCUT2D eigenvalue weighted by Gasteiger charge is -2.37. The van der Waals surface area contributed by atoms with Gasteiger partial charge < -0.3 is 20.0 Å². The van der Waals surface area contributed by atoms with Crippen molar-refractivity contribution in [3.05, 3.63) is 0 Å². The Hall–Kier alpha value is -0.593. The Morgan fingerprint density at radius 3 is 2.29 bits per heavy atom. The van der Waals surface area contributed by atoms with Crippen molar-refractivity contribution >= 4 is 14.4 Å². The van der Waals surface area contributed by atoms with Crippen molar-refractivity contribution < 1.29 is 19.4 Å². The van der Waals surface area contributed by atoms with Gasteiger partial charge in [-0.15, -0.1) is 0 Å². The van der Waals surface area contributed by atoms with Crippen LogP contribution in [0.3, 0.4) is 0 Å². The van der Waals surface area contributed by atoms with Gasteiger partial charge in [-0.25, -0.2) is 4.79 Å². The summed E-state index contributed by atoms with van der Waals surface area (Å²) in [7, 11) is -1.83. The van der Waals surface area contributed by atoms with Gasteiger partial charge in [-0.3, -0.25) is 0 Å². The number of nitrogens with one attached hydrogen (secondary N) is 1. The molecule has 0 saturated heterocycles. The topological polar surface area (TPSA) is 78.8 Å². The molecular weight excluding hydrogens is 238 g/mol. The molecule has 0 rings (SSSR count). The molecule has 0 aliphatic rings. The molecule has 0 bridgehead atoms. The molecule has 0 radical (unpaired) electrons. The lowest BCUT2D eigenvalue weighted by atomic mass is 10.2. The molecule has 0 aliphatic heterocycles. The Bertz CT molecular complexity index is 250. The van der Waals surface area contributed by atoms with Crippen LogP contribution in [0.15, 0.2) is 0 Å². The lowest BCUT2D eigenvalue weighted by molar-refractivity contribution is 0.147. The number of aliphatic hydroxyl groups is 1. The number of hydrogen-bond donors (Lipinski definition) is 3. The highest BCUT2D eigenvalue weighted by Crippen LogP contribution is 2.36. The van der Waals surface area contributed by atoms with Crippen molar-refractivity contribution in [2.24, 2.45) is 5.92 Å². The SMILES string of the molecule is CC(C)(C)[Si](C)(C)OCC(CO)CNC(=O)O. The Morgan fingerprint density at radius 2 is 1.94 bits per heavy atom. The Balaban J connectivity index is 4.19. The van der Waals surface area contributed by atoms with Crippen LogP contribution in [0.5, 0.6) is 0 Å². The van der Waals surface area contributed by atoms with Crippen molar-refractivity contribution in [3.63, 3.8) is 0 Å². The van der Waals surface area contributed by atoms with Crippen LogP contribution in [-0.2, 0) is 4.43 Å². The van der Waals surface area contributed by atoms with E-state index in [2.05, 4.69) is 39.2 Å². The van der Waals surface area contributed by atoms with E-state index in [1.54, 1.807) is 0 Å². The Morgan fingerprint density at radius 1 is 1.41 bits per heavy atom. The molecular formula is C11H25NO4Si. The van der Waals surface area contributed by atoms with E-state index in [1.165, 1.54) is 0 Å². The minimum absolute atomic E-state index is 0.0745. The van der Waals surface area contributed by atoms with Gasteiger partial charge in [-0.1, -0.05) is 20.8 Å². The first-order valence-electron chi connectivity index (χ1n) is 5.82. The maximum atomic E-state index is 10.4. The molecule has 1 amide bonds. The van der Waals surface area contributed by atoms with E-state index in [0.29, 0.717) is 6.61 Å². The molecule has 1 unspecified atom stereocenters. The highest BCUT2D eigenvalue weighted by molar-refractivity contribution is 6.74. The summed E-state index contributed by atoms with van der Waals surface area (Å²) >= 11 is 0. The molecule has 0 spiro atoms. The van der Waals surface area contributed by atoms with Crippen LogP contribution in [0.25, 0.3) is 0 Å². The molecule has 3 N–H and O–H groups in total. The first-order chi connectivity index (χ1) is 7.60. The van der Waals surface area contributed by atoms with Crippen molar-refractivity contribution in [2.75, 3.05) is 19.8 Å². The number of hydrogen-bond acceptors (Lipinski definition) is 3. The van der Waals surface area contributed by atoms with Gasteiger partial charge >= 0.3 is 6.09 Å². The fourth-order valence-electron chi connectivity index (χ4n) is 0.951. The number of carboxylic acid groups (broad SMARTS) is 1. The van der Waals surface area contributed by atoms with E-state index >= 15 is 0 Å². The molecule has 0 aromatic heterocycles. The third kappa shape index (κ3) is 6.04. The van der Waals surface area contributed by atoms with E-state index < -0.39 is 14.4 Å². The number of aliphatic hydroxyl groups excluding tert-OH is 1. The van der Waals surface area contributed by atoms with E-state index in [-0.39, 0.29) is 24.1 Å². The zero-order valence-electron chi connectivity index (χ0n) is 11.4. The predicted molar refractivity (Wildman–Crippen MR) is 69.8 cm³/mol. The van der Waals surface area contributed by atoms with E-state index in [0.717, 1.165) is 0 Å². The first-order valence-corrected chi connectivity index (χ1v) is 8.72. The molecule has 5 nitrogen and oxygen atoms in total. The number of amides is 1. The zero-order valence-corrected chi connectivity index (χ0v) is 12.4. The van der Waals surface area contributed by atoms with Crippen molar-refractivity contribution in [3.8, 4) is 0 Å². The minimum Gasteiger partial charge on any atom is -0.465 e. The molecule has 0 heterocycles. The average Bonchev–Trinajstić information content (AvgIpc) is 2.15. The van der Waals surface area contributed by atoms with E-state index in [1.807, 2.05) is 0 Å². The zero-order chi connectivity index (χ0) is 13.7. The van der Waals surface area contributed by atoms with Gasteiger partial charge in [-0.05, 0) is 18.1 Å². The summed E-state index contributed by atoms with van der Waals surface area (Å²) in [6.45, 7) is 11.2. The standard InChI is InChI=1S/C11H25NO4Si/c1-11(2,3)17(4,5)16-8-9(7-13)6-12-10(14)15/h9,12-13H,6-8H2,1-5H3,(H,14,15). The summed E-state index contributed by atoms with van der Waals surface area (Å²) in [6, 6.07) is 0. The van der Waals surface area contributed by atoms with Gasteiger partial charge in [0.05, 0.1) is 0 Å². The van der Waals surface area contributed by atoms with E-state index in [4.69, 9.17) is 14.6 Å². The van der Waals surface area contributed by atoms with Crippen LogP contribution >= 0.6 is 0 Å². The maximum Gasteiger partial charge on any atom is 0.404 e. The quantitative estimate of drug-likeness (QED) is 0.639. The second-order valence-electron chi connectivity index (χ2n) is 5.81. The second-order valence-corrected chi connectivity index (χ2v) is 10.6. The summed E-state index contributed by atoms with van der Waals surface area (Å²) in [6.07, 6.45) is -1.07. The molecule has 6 heteroatoms. The summed E-state index contributed by atoms with van der Waals surface area (Å²) in [5.74, 6) is -0.180. The third-order valence-electron chi connectivity index (χ3n) is 3.29. The molecule has 102 valence electrons. The highest BCUT2D eigenvalue weighted by atomic mass is 28.4. The minimum atomic E-state index is -1.83. The summed E-state index contributed by atoms with van der Waals surface area (Å²) in [5.41, 5.74) is 0. The van der Waals surface area contributed by atoms with Crippen molar-refractivity contribution in [1.29, 1.82) is 0 Å². The fraction of sp³-hybridized carbons (Fsp3) is 0.909. The summed E-state index contributed by atoms with van der Waals surface area (Å²) in [4.78, 5) is 10.4. The highest BCUT2D eigenvalue weighted by Gasteiger charge is 2.37. The van der Waals surface area contributed by atoms with Crippen molar-refractivity contribution in [1.82, 2.24) is 5.32 Å². The maximum absolute atomic E-state index is 10.4. The lowest BCUT2D eigenvalue weighted by Crippen LogP contribution is -2.43. The van der Waals surface area contributed by atoms with Crippen LogP contribution in [0.1, 0.15) is 20.8 Å². The van der Waals surface area contributed by atoms with Gasteiger partial charge in [0.25, 0.3) is 0 Å². The third-order valence-corrected chi connectivity index (χ3v) is 7.79. The number of carbonyl (C=O) groups is 1. The molecule has 0 aliphatic carbocycles. The van der Waals surface area contributed by atoms with Gasteiger partial charge in [0.2, 0.25) is 0 Å². The van der Waals surface area contributed by atoms with Crippen molar-refractivity contribution in [2.45, 2.75) is 38.9 Å². The van der Waals surface area contributed by atoms with Crippen LogP contribution in [0.4, 0.5) is 4.79 Å².